The standard InChI is InChI=1S/C10H16N2O2.C2H6/c1-8(13)11-4-6-12(7-5-11)10(14)9-2-3-9;1-2/h9H,2-7H2,1H3;1-2H3. The van der Waals surface area contributed by atoms with Crippen LogP contribution < -0.4 is 0 Å². The minimum absolute atomic E-state index is 0.114. The first-order valence-corrected chi connectivity index (χ1v) is 6.23. The summed E-state index contributed by atoms with van der Waals surface area (Å²) in [5.41, 5.74) is 0. The fourth-order valence-electron chi connectivity index (χ4n) is 1.83. The molecular formula is C12H22N2O2. The molecule has 4 nitrogen and oxygen atoms in total. The van der Waals surface area contributed by atoms with Crippen LogP contribution in [0, 0.1) is 5.92 Å². The monoisotopic (exact) mass is 226 g/mol. The lowest BCUT2D eigenvalue weighted by atomic mass is 10.2. The van der Waals surface area contributed by atoms with Crippen molar-refractivity contribution in [3.05, 3.63) is 0 Å². The largest absolute Gasteiger partial charge is 0.339 e. The molecule has 2 aliphatic rings. The Morgan fingerprint density at radius 3 is 1.75 bits per heavy atom. The summed E-state index contributed by atoms with van der Waals surface area (Å²) in [6, 6.07) is 0. The van der Waals surface area contributed by atoms with E-state index in [2.05, 4.69) is 0 Å². The average molecular weight is 226 g/mol. The van der Waals surface area contributed by atoms with Gasteiger partial charge in [0.15, 0.2) is 0 Å². The first-order chi connectivity index (χ1) is 7.68. The maximum atomic E-state index is 11.7. The molecule has 0 atom stereocenters. The first kappa shape index (κ1) is 13.0. The minimum atomic E-state index is 0.114. The first-order valence-electron chi connectivity index (χ1n) is 6.23. The molecule has 0 spiro atoms. The van der Waals surface area contributed by atoms with Gasteiger partial charge in [-0.2, -0.15) is 0 Å². The number of hydrogen-bond acceptors (Lipinski definition) is 2. The summed E-state index contributed by atoms with van der Waals surface area (Å²) in [5, 5.41) is 0. The zero-order valence-corrected chi connectivity index (χ0v) is 10.5. The molecule has 0 aromatic rings. The third-order valence-electron chi connectivity index (χ3n) is 2.96. The Bertz CT molecular complexity index is 254. The van der Waals surface area contributed by atoms with E-state index in [1.807, 2.05) is 18.7 Å². The topological polar surface area (TPSA) is 40.6 Å². The summed E-state index contributed by atoms with van der Waals surface area (Å²) in [6.07, 6.45) is 2.12. The smallest absolute Gasteiger partial charge is 0.225 e. The molecule has 92 valence electrons. The summed E-state index contributed by atoms with van der Waals surface area (Å²) in [7, 11) is 0. The van der Waals surface area contributed by atoms with Gasteiger partial charge in [-0.05, 0) is 12.8 Å². The number of hydrogen-bond donors (Lipinski definition) is 0. The molecular weight excluding hydrogens is 204 g/mol. The van der Waals surface area contributed by atoms with Crippen molar-refractivity contribution in [3.8, 4) is 0 Å². The van der Waals surface area contributed by atoms with E-state index in [1.165, 1.54) is 0 Å². The molecule has 4 heteroatoms. The van der Waals surface area contributed by atoms with Crippen molar-refractivity contribution in [2.75, 3.05) is 26.2 Å². The number of carbonyl (C=O) groups is 2. The number of piperazine rings is 1. The predicted molar refractivity (Wildman–Crippen MR) is 62.9 cm³/mol. The molecule has 2 rings (SSSR count). The summed E-state index contributed by atoms with van der Waals surface area (Å²) in [6.45, 7) is 8.42. The van der Waals surface area contributed by atoms with Gasteiger partial charge in [0.2, 0.25) is 11.8 Å². The lowest BCUT2D eigenvalue weighted by Crippen LogP contribution is -2.50. The number of rotatable bonds is 1. The SMILES string of the molecule is CC.CC(=O)N1CCN(C(=O)C2CC2)CC1. The van der Waals surface area contributed by atoms with E-state index in [9.17, 15) is 9.59 Å². The Morgan fingerprint density at radius 1 is 0.938 bits per heavy atom. The zero-order chi connectivity index (χ0) is 12.1. The van der Waals surface area contributed by atoms with Crippen LogP contribution in [0.5, 0.6) is 0 Å². The highest BCUT2D eigenvalue weighted by Gasteiger charge is 2.34. The molecule has 0 unspecified atom stereocenters. The molecule has 2 fully saturated rings. The highest BCUT2D eigenvalue weighted by molar-refractivity contribution is 5.81. The molecule has 1 saturated heterocycles. The van der Waals surface area contributed by atoms with Crippen LogP contribution in [-0.2, 0) is 9.59 Å². The van der Waals surface area contributed by atoms with E-state index in [1.54, 1.807) is 11.8 Å². The van der Waals surface area contributed by atoms with Gasteiger partial charge in [0.25, 0.3) is 0 Å². The molecule has 16 heavy (non-hydrogen) atoms. The van der Waals surface area contributed by atoms with E-state index in [0.29, 0.717) is 24.9 Å². The predicted octanol–water partition coefficient (Wildman–Crippen LogP) is 1.11. The van der Waals surface area contributed by atoms with Crippen molar-refractivity contribution in [3.63, 3.8) is 0 Å². The molecule has 0 aromatic carbocycles. The third-order valence-corrected chi connectivity index (χ3v) is 2.96. The van der Waals surface area contributed by atoms with Gasteiger partial charge in [-0.25, -0.2) is 0 Å². The van der Waals surface area contributed by atoms with Crippen molar-refractivity contribution < 1.29 is 9.59 Å². The summed E-state index contributed by atoms with van der Waals surface area (Å²) in [5.74, 6) is 0.718. The molecule has 0 radical (unpaired) electrons. The lowest BCUT2D eigenvalue weighted by molar-refractivity contribution is -0.139. The minimum Gasteiger partial charge on any atom is -0.339 e. The van der Waals surface area contributed by atoms with Crippen LogP contribution in [0.2, 0.25) is 0 Å². The van der Waals surface area contributed by atoms with Gasteiger partial charge < -0.3 is 9.80 Å². The van der Waals surface area contributed by atoms with E-state index < -0.39 is 0 Å². The lowest BCUT2D eigenvalue weighted by Gasteiger charge is -2.34. The molecule has 1 aliphatic carbocycles. The molecule has 0 N–H and O–H groups in total. The Kier molecular flexibility index (Phi) is 4.77. The molecule has 2 amide bonds. The van der Waals surface area contributed by atoms with Gasteiger partial charge in [-0.3, -0.25) is 9.59 Å². The second-order valence-electron chi connectivity index (χ2n) is 4.11. The Labute approximate surface area is 97.6 Å². The second kappa shape index (κ2) is 5.87. The average Bonchev–Trinajstić information content (AvgIpc) is 3.15. The van der Waals surface area contributed by atoms with Crippen LogP contribution in [0.15, 0.2) is 0 Å². The van der Waals surface area contributed by atoms with E-state index in [0.717, 1.165) is 25.9 Å². The summed E-state index contributed by atoms with van der Waals surface area (Å²) < 4.78 is 0. The highest BCUT2D eigenvalue weighted by Crippen LogP contribution is 2.31. The maximum Gasteiger partial charge on any atom is 0.225 e. The second-order valence-corrected chi connectivity index (χ2v) is 4.11. The number of nitrogens with zero attached hydrogens (tertiary/aromatic N) is 2. The normalized spacial score (nSPS) is 19.9. The number of amides is 2. The van der Waals surface area contributed by atoms with Crippen LogP contribution >= 0.6 is 0 Å². The van der Waals surface area contributed by atoms with Crippen molar-refractivity contribution in [2.24, 2.45) is 5.92 Å². The molecule has 1 saturated carbocycles. The third kappa shape index (κ3) is 3.22. The Morgan fingerprint density at radius 2 is 1.38 bits per heavy atom. The van der Waals surface area contributed by atoms with E-state index >= 15 is 0 Å². The highest BCUT2D eigenvalue weighted by atomic mass is 16.2. The van der Waals surface area contributed by atoms with Crippen molar-refractivity contribution >= 4 is 11.8 Å². The molecule has 0 aromatic heterocycles. The molecule has 1 aliphatic heterocycles. The molecule has 0 bridgehead atoms. The zero-order valence-electron chi connectivity index (χ0n) is 10.5. The van der Waals surface area contributed by atoms with Crippen LogP contribution in [0.3, 0.4) is 0 Å². The van der Waals surface area contributed by atoms with Gasteiger partial charge in [0, 0.05) is 39.0 Å². The fourth-order valence-corrected chi connectivity index (χ4v) is 1.83. The number of carbonyl (C=O) groups excluding carboxylic acids is 2. The van der Waals surface area contributed by atoms with Gasteiger partial charge in [-0.1, -0.05) is 13.8 Å². The molecule has 1 heterocycles. The van der Waals surface area contributed by atoms with Crippen LogP contribution in [0.1, 0.15) is 33.6 Å². The Hall–Kier alpha value is -1.06. The fraction of sp³-hybridized carbons (Fsp3) is 0.833. The summed E-state index contributed by atoms with van der Waals surface area (Å²) in [4.78, 5) is 26.4. The van der Waals surface area contributed by atoms with Crippen LogP contribution in [0.25, 0.3) is 0 Å². The summed E-state index contributed by atoms with van der Waals surface area (Å²) >= 11 is 0. The van der Waals surface area contributed by atoms with Crippen LogP contribution in [-0.4, -0.2) is 47.8 Å². The van der Waals surface area contributed by atoms with Crippen LogP contribution in [0.4, 0.5) is 0 Å². The van der Waals surface area contributed by atoms with Crippen molar-refractivity contribution in [1.82, 2.24) is 9.80 Å². The van der Waals surface area contributed by atoms with Gasteiger partial charge in [-0.15, -0.1) is 0 Å². The van der Waals surface area contributed by atoms with E-state index in [4.69, 9.17) is 0 Å². The van der Waals surface area contributed by atoms with Crippen molar-refractivity contribution in [1.29, 1.82) is 0 Å². The Balaban J connectivity index is 0.000000606. The van der Waals surface area contributed by atoms with Gasteiger partial charge in [0.1, 0.15) is 0 Å². The van der Waals surface area contributed by atoms with E-state index in [-0.39, 0.29) is 5.91 Å². The van der Waals surface area contributed by atoms with Gasteiger partial charge >= 0.3 is 0 Å². The quantitative estimate of drug-likeness (QED) is 0.672. The van der Waals surface area contributed by atoms with Gasteiger partial charge in [0.05, 0.1) is 0 Å². The van der Waals surface area contributed by atoms with Crippen molar-refractivity contribution in [2.45, 2.75) is 33.6 Å². The maximum absolute atomic E-state index is 11.7.